The summed E-state index contributed by atoms with van der Waals surface area (Å²) in [7, 11) is 3.44. The third-order valence-corrected chi connectivity index (χ3v) is 2.26. The van der Waals surface area contributed by atoms with E-state index in [1.165, 1.54) is 10.5 Å². The topological polar surface area (TPSA) is 32.3 Å². The first-order valence-electron chi connectivity index (χ1n) is 4.79. The average Bonchev–Trinajstić information content (AvgIpc) is 2.20. The van der Waals surface area contributed by atoms with Crippen molar-refractivity contribution in [1.29, 1.82) is 0 Å². The summed E-state index contributed by atoms with van der Waals surface area (Å²) in [6.45, 7) is 0.638. The number of nitrogens with zero attached hydrogens (tertiary/aromatic N) is 1. The largest absolute Gasteiger partial charge is 0.338 e. The van der Waals surface area contributed by atoms with Crippen molar-refractivity contribution in [2.75, 3.05) is 20.6 Å². The normalized spacial score (nSPS) is 9.80. The second-order valence-electron chi connectivity index (χ2n) is 3.50. The number of urea groups is 1. The first-order valence-corrected chi connectivity index (χ1v) is 5.17. The number of amides is 2. The number of hydrogen-bond donors (Lipinski definition) is 1. The minimum atomic E-state index is -0.0658. The zero-order chi connectivity index (χ0) is 11.3. The van der Waals surface area contributed by atoms with Crippen molar-refractivity contribution in [3.63, 3.8) is 0 Å². The van der Waals surface area contributed by atoms with E-state index in [-0.39, 0.29) is 6.03 Å². The molecule has 0 aromatic heterocycles. The van der Waals surface area contributed by atoms with Crippen LogP contribution in [-0.4, -0.2) is 31.6 Å². The highest BCUT2D eigenvalue weighted by atomic mass is 35.5. The maximum Gasteiger partial charge on any atom is 0.316 e. The van der Waals surface area contributed by atoms with Gasteiger partial charge in [0.25, 0.3) is 0 Å². The summed E-state index contributed by atoms with van der Waals surface area (Å²) in [5, 5.41) is 3.53. The molecular formula is C11H15ClN2O. The Balaban J connectivity index is 2.32. The number of rotatable bonds is 3. The van der Waals surface area contributed by atoms with Crippen molar-refractivity contribution in [2.45, 2.75) is 6.42 Å². The summed E-state index contributed by atoms with van der Waals surface area (Å²) < 4.78 is 0. The molecule has 0 heterocycles. The van der Waals surface area contributed by atoms with Crippen molar-refractivity contribution < 1.29 is 4.79 Å². The van der Waals surface area contributed by atoms with E-state index in [9.17, 15) is 4.79 Å². The highest BCUT2D eigenvalue weighted by molar-refractivity contribution is 6.30. The zero-order valence-corrected chi connectivity index (χ0v) is 9.71. The molecule has 1 aromatic rings. The second-order valence-corrected chi connectivity index (χ2v) is 3.94. The SMILES string of the molecule is CN(C)C(=O)NCCc1ccc(Cl)cc1. The summed E-state index contributed by atoms with van der Waals surface area (Å²) in [6, 6.07) is 7.56. The Bertz CT molecular complexity index is 322. The summed E-state index contributed by atoms with van der Waals surface area (Å²) in [6.07, 6.45) is 0.816. The first-order chi connectivity index (χ1) is 7.09. The van der Waals surface area contributed by atoms with Crippen LogP contribution in [0, 0.1) is 0 Å². The summed E-state index contributed by atoms with van der Waals surface area (Å²) in [4.78, 5) is 12.7. The third kappa shape index (κ3) is 4.21. The predicted molar refractivity (Wildman–Crippen MR) is 62.2 cm³/mol. The quantitative estimate of drug-likeness (QED) is 0.842. The van der Waals surface area contributed by atoms with E-state index in [0.29, 0.717) is 6.54 Å². The highest BCUT2D eigenvalue weighted by Crippen LogP contribution is 2.09. The van der Waals surface area contributed by atoms with Gasteiger partial charge in [0.15, 0.2) is 0 Å². The van der Waals surface area contributed by atoms with Crippen LogP contribution in [0.25, 0.3) is 0 Å². The number of hydrogen-bond acceptors (Lipinski definition) is 1. The summed E-state index contributed by atoms with van der Waals surface area (Å²) in [5.74, 6) is 0. The minimum absolute atomic E-state index is 0.0658. The Morgan fingerprint density at radius 2 is 1.93 bits per heavy atom. The molecule has 82 valence electrons. The molecular weight excluding hydrogens is 212 g/mol. The molecule has 4 heteroatoms. The summed E-state index contributed by atoms with van der Waals surface area (Å²) >= 11 is 5.76. The summed E-state index contributed by atoms with van der Waals surface area (Å²) in [5.41, 5.74) is 1.17. The zero-order valence-electron chi connectivity index (χ0n) is 8.96. The van der Waals surface area contributed by atoms with Crippen molar-refractivity contribution in [3.8, 4) is 0 Å². The molecule has 0 aliphatic carbocycles. The molecule has 0 unspecified atom stereocenters. The smallest absolute Gasteiger partial charge is 0.316 e. The Labute approximate surface area is 95.0 Å². The lowest BCUT2D eigenvalue weighted by atomic mass is 10.1. The molecule has 15 heavy (non-hydrogen) atoms. The molecule has 3 nitrogen and oxygen atoms in total. The van der Waals surface area contributed by atoms with Crippen LogP contribution in [0.15, 0.2) is 24.3 Å². The van der Waals surface area contributed by atoms with Crippen LogP contribution < -0.4 is 5.32 Å². The van der Waals surface area contributed by atoms with Crippen molar-refractivity contribution in [1.82, 2.24) is 10.2 Å². The molecule has 1 aromatic carbocycles. The molecule has 2 amide bonds. The number of carbonyl (C=O) groups excluding carboxylic acids is 1. The number of halogens is 1. The van der Waals surface area contributed by atoms with Gasteiger partial charge in [-0.3, -0.25) is 0 Å². The second kappa shape index (κ2) is 5.61. The molecule has 0 aliphatic heterocycles. The molecule has 0 saturated carbocycles. The number of benzene rings is 1. The molecule has 0 atom stereocenters. The number of nitrogens with one attached hydrogen (secondary N) is 1. The fourth-order valence-electron chi connectivity index (χ4n) is 1.12. The maximum atomic E-state index is 11.2. The fourth-order valence-corrected chi connectivity index (χ4v) is 1.25. The Kier molecular flexibility index (Phi) is 4.43. The van der Waals surface area contributed by atoms with Crippen LogP contribution in [0.1, 0.15) is 5.56 Å². The van der Waals surface area contributed by atoms with Gasteiger partial charge in [-0.05, 0) is 24.1 Å². The molecule has 0 bridgehead atoms. The van der Waals surface area contributed by atoms with Gasteiger partial charge < -0.3 is 10.2 Å². The molecule has 1 rings (SSSR count). The van der Waals surface area contributed by atoms with E-state index in [0.717, 1.165) is 11.4 Å². The lowest BCUT2D eigenvalue weighted by molar-refractivity contribution is 0.217. The average molecular weight is 227 g/mol. The van der Waals surface area contributed by atoms with Crippen LogP contribution in [0.2, 0.25) is 5.02 Å². The van der Waals surface area contributed by atoms with Gasteiger partial charge in [0.05, 0.1) is 0 Å². The number of carbonyl (C=O) groups is 1. The molecule has 1 N–H and O–H groups in total. The van der Waals surface area contributed by atoms with E-state index in [2.05, 4.69) is 5.32 Å². The van der Waals surface area contributed by atoms with E-state index >= 15 is 0 Å². The van der Waals surface area contributed by atoms with Crippen LogP contribution in [-0.2, 0) is 6.42 Å². The monoisotopic (exact) mass is 226 g/mol. The third-order valence-electron chi connectivity index (χ3n) is 2.01. The predicted octanol–water partition coefficient (Wildman–Crippen LogP) is 2.15. The van der Waals surface area contributed by atoms with Crippen LogP contribution in [0.5, 0.6) is 0 Å². The molecule has 0 aliphatic rings. The Morgan fingerprint density at radius 1 is 1.33 bits per heavy atom. The molecule has 0 fully saturated rings. The minimum Gasteiger partial charge on any atom is -0.338 e. The standard InChI is InChI=1S/C11H15ClN2O/c1-14(2)11(15)13-8-7-9-3-5-10(12)6-4-9/h3-6H,7-8H2,1-2H3,(H,13,15). The van der Waals surface area contributed by atoms with Gasteiger partial charge >= 0.3 is 6.03 Å². The van der Waals surface area contributed by atoms with Gasteiger partial charge in [0, 0.05) is 25.7 Å². The van der Waals surface area contributed by atoms with Gasteiger partial charge in [-0.25, -0.2) is 4.79 Å². The lowest BCUT2D eigenvalue weighted by Crippen LogP contribution is -2.35. The van der Waals surface area contributed by atoms with Crippen LogP contribution in [0.4, 0.5) is 4.79 Å². The van der Waals surface area contributed by atoms with Crippen molar-refractivity contribution in [3.05, 3.63) is 34.9 Å². The van der Waals surface area contributed by atoms with E-state index in [1.807, 2.05) is 24.3 Å². The van der Waals surface area contributed by atoms with Gasteiger partial charge in [0.2, 0.25) is 0 Å². The van der Waals surface area contributed by atoms with Gasteiger partial charge in [-0.2, -0.15) is 0 Å². The molecule has 0 radical (unpaired) electrons. The van der Waals surface area contributed by atoms with E-state index < -0.39 is 0 Å². The van der Waals surface area contributed by atoms with Crippen LogP contribution in [0.3, 0.4) is 0 Å². The van der Waals surface area contributed by atoms with E-state index in [1.54, 1.807) is 14.1 Å². The Hall–Kier alpha value is -1.22. The molecule has 0 spiro atoms. The Morgan fingerprint density at radius 3 is 2.47 bits per heavy atom. The highest BCUT2D eigenvalue weighted by Gasteiger charge is 2.01. The first kappa shape index (κ1) is 11.9. The van der Waals surface area contributed by atoms with Gasteiger partial charge in [-0.15, -0.1) is 0 Å². The van der Waals surface area contributed by atoms with Gasteiger partial charge in [-0.1, -0.05) is 23.7 Å². The molecule has 0 saturated heterocycles. The van der Waals surface area contributed by atoms with Gasteiger partial charge in [0.1, 0.15) is 0 Å². The fraction of sp³-hybridized carbons (Fsp3) is 0.364. The van der Waals surface area contributed by atoms with Crippen molar-refractivity contribution >= 4 is 17.6 Å². The van der Waals surface area contributed by atoms with Crippen LogP contribution >= 0.6 is 11.6 Å². The maximum absolute atomic E-state index is 11.2. The van der Waals surface area contributed by atoms with E-state index in [4.69, 9.17) is 11.6 Å². The van der Waals surface area contributed by atoms with Crippen molar-refractivity contribution in [2.24, 2.45) is 0 Å². The lowest BCUT2D eigenvalue weighted by Gasteiger charge is -2.11.